The smallest absolute Gasteiger partial charge is 0.268 e. The lowest BCUT2D eigenvalue weighted by Crippen LogP contribution is -2.41. The van der Waals surface area contributed by atoms with E-state index in [1.807, 2.05) is 17.5 Å². The Morgan fingerprint density at radius 1 is 1.11 bits per heavy atom. The number of carbonyl (C=O) groups is 2. The van der Waals surface area contributed by atoms with Crippen LogP contribution in [0.4, 0.5) is 0 Å². The third-order valence-electron chi connectivity index (χ3n) is 4.62. The van der Waals surface area contributed by atoms with Crippen molar-refractivity contribution in [2.45, 2.75) is 38.1 Å². The van der Waals surface area contributed by atoms with Gasteiger partial charge in [0, 0.05) is 16.5 Å². The standard InChI is InChI=1S/C21H24N2O3S/c1-26-17-11-9-15(10-12-17)20(24)23-19(14-18-8-5-13-27-18)21(25)22-16-6-3-2-4-7-16/h5,8-14,16H,2-4,6-7H2,1H3,(H,22,25)(H,23,24)/b19-14-. The van der Waals surface area contributed by atoms with Crippen LogP contribution in [0.2, 0.25) is 0 Å². The first kappa shape index (κ1) is 19.2. The Kier molecular flexibility index (Phi) is 6.65. The molecule has 3 rings (SSSR count). The van der Waals surface area contributed by atoms with Crippen LogP contribution in [0.3, 0.4) is 0 Å². The van der Waals surface area contributed by atoms with Crippen molar-refractivity contribution < 1.29 is 14.3 Å². The molecule has 0 saturated heterocycles. The Balaban J connectivity index is 1.74. The van der Waals surface area contributed by atoms with E-state index in [0.29, 0.717) is 11.3 Å². The quantitative estimate of drug-likeness (QED) is 0.741. The van der Waals surface area contributed by atoms with E-state index in [0.717, 1.165) is 30.6 Å². The van der Waals surface area contributed by atoms with Gasteiger partial charge < -0.3 is 15.4 Å². The third kappa shape index (κ3) is 5.44. The first-order chi connectivity index (χ1) is 13.2. The number of ether oxygens (including phenoxy) is 1. The maximum absolute atomic E-state index is 12.8. The van der Waals surface area contributed by atoms with E-state index >= 15 is 0 Å². The van der Waals surface area contributed by atoms with Gasteiger partial charge in [-0.05, 0) is 54.6 Å². The van der Waals surface area contributed by atoms with E-state index in [1.54, 1.807) is 37.5 Å². The van der Waals surface area contributed by atoms with Crippen molar-refractivity contribution in [2.24, 2.45) is 0 Å². The molecule has 0 aliphatic heterocycles. The van der Waals surface area contributed by atoms with Crippen LogP contribution >= 0.6 is 11.3 Å². The minimum absolute atomic E-state index is 0.177. The summed E-state index contributed by atoms with van der Waals surface area (Å²) in [6.45, 7) is 0. The molecule has 142 valence electrons. The molecule has 0 spiro atoms. The number of methoxy groups -OCH3 is 1. The van der Waals surface area contributed by atoms with Crippen LogP contribution in [0.15, 0.2) is 47.5 Å². The number of hydrogen-bond acceptors (Lipinski definition) is 4. The number of rotatable bonds is 6. The van der Waals surface area contributed by atoms with Gasteiger partial charge in [0.2, 0.25) is 0 Å². The van der Waals surface area contributed by atoms with Crippen LogP contribution in [0.25, 0.3) is 6.08 Å². The highest BCUT2D eigenvalue weighted by Crippen LogP contribution is 2.19. The molecule has 2 aromatic rings. The van der Waals surface area contributed by atoms with Crippen molar-refractivity contribution in [2.75, 3.05) is 7.11 Å². The molecule has 2 amide bonds. The lowest BCUT2D eigenvalue weighted by molar-refractivity contribution is -0.118. The average Bonchev–Trinajstić information content (AvgIpc) is 3.21. The summed E-state index contributed by atoms with van der Waals surface area (Å²) in [5.41, 5.74) is 0.738. The zero-order chi connectivity index (χ0) is 19.1. The number of thiophene rings is 1. The highest BCUT2D eigenvalue weighted by molar-refractivity contribution is 7.10. The minimum Gasteiger partial charge on any atom is -0.497 e. The third-order valence-corrected chi connectivity index (χ3v) is 5.43. The maximum Gasteiger partial charge on any atom is 0.268 e. The SMILES string of the molecule is COc1ccc(C(=O)N/C(=C\c2cccs2)C(=O)NC2CCCCC2)cc1. The fraction of sp³-hybridized carbons (Fsp3) is 0.333. The second-order valence-electron chi connectivity index (χ2n) is 6.56. The summed E-state index contributed by atoms with van der Waals surface area (Å²) in [6, 6.07) is 10.8. The molecule has 2 N–H and O–H groups in total. The van der Waals surface area contributed by atoms with Gasteiger partial charge in [-0.15, -0.1) is 11.3 Å². The van der Waals surface area contributed by atoms with E-state index in [1.165, 1.54) is 17.8 Å². The summed E-state index contributed by atoms with van der Waals surface area (Å²) in [5, 5.41) is 7.78. The fourth-order valence-electron chi connectivity index (χ4n) is 3.12. The summed E-state index contributed by atoms with van der Waals surface area (Å²) < 4.78 is 5.12. The zero-order valence-electron chi connectivity index (χ0n) is 15.4. The van der Waals surface area contributed by atoms with Gasteiger partial charge in [0.1, 0.15) is 11.4 Å². The first-order valence-electron chi connectivity index (χ1n) is 9.17. The molecule has 0 radical (unpaired) electrons. The molecule has 1 aliphatic rings. The summed E-state index contributed by atoms with van der Waals surface area (Å²) in [6.07, 6.45) is 7.19. The van der Waals surface area contributed by atoms with Crippen LogP contribution in [0, 0.1) is 0 Å². The van der Waals surface area contributed by atoms with Crippen molar-refractivity contribution in [3.8, 4) is 5.75 Å². The van der Waals surface area contributed by atoms with E-state index in [4.69, 9.17) is 4.74 Å². The topological polar surface area (TPSA) is 67.4 Å². The Morgan fingerprint density at radius 3 is 2.48 bits per heavy atom. The van der Waals surface area contributed by atoms with Gasteiger partial charge in [-0.1, -0.05) is 25.3 Å². The van der Waals surface area contributed by atoms with Gasteiger partial charge in [-0.25, -0.2) is 0 Å². The molecule has 1 fully saturated rings. The number of benzene rings is 1. The Hall–Kier alpha value is -2.60. The van der Waals surface area contributed by atoms with Crippen molar-refractivity contribution in [3.63, 3.8) is 0 Å². The van der Waals surface area contributed by atoms with Crippen molar-refractivity contribution >= 4 is 29.2 Å². The molecule has 1 saturated carbocycles. The van der Waals surface area contributed by atoms with E-state index in [-0.39, 0.29) is 23.6 Å². The minimum atomic E-state index is -0.320. The molecule has 1 heterocycles. The first-order valence-corrected chi connectivity index (χ1v) is 10.0. The molecule has 1 aromatic heterocycles. The molecule has 5 nitrogen and oxygen atoms in total. The van der Waals surface area contributed by atoms with Crippen LogP contribution in [-0.4, -0.2) is 25.0 Å². The molecule has 1 aromatic carbocycles. The predicted molar refractivity (Wildman–Crippen MR) is 108 cm³/mol. The normalized spacial score (nSPS) is 15.2. The van der Waals surface area contributed by atoms with Gasteiger partial charge in [-0.2, -0.15) is 0 Å². The molecular formula is C21H24N2O3S. The van der Waals surface area contributed by atoms with Gasteiger partial charge in [0.05, 0.1) is 7.11 Å². The maximum atomic E-state index is 12.8. The van der Waals surface area contributed by atoms with Crippen molar-refractivity contribution in [1.29, 1.82) is 0 Å². The summed E-state index contributed by atoms with van der Waals surface area (Å²) in [4.78, 5) is 26.3. The van der Waals surface area contributed by atoms with Gasteiger partial charge >= 0.3 is 0 Å². The largest absolute Gasteiger partial charge is 0.497 e. The zero-order valence-corrected chi connectivity index (χ0v) is 16.2. The molecule has 0 atom stereocenters. The van der Waals surface area contributed by atoms with Crippen molar-refractivity contribution in [3.05, 3.63) is 57.9 Å². The lowest BCUT2D eigenvalue weighted by atomic mass is 9.95. The molecular weight excluding hydrogens is 360 g/mol. The van der Waals surface area contributed by atoms with Crippen LogP contribution < -0.4 is 15.4 Å². The molecule has 1 aliphatic carbocycles. The number of nitrogens with one attached hydrogen (secondary N) is 2. The monoisotopic (exact) mass is 384 g/mol. The highest BCUT2D eigenvalue weighted by Gasteiger charge is 2.20. The highest BCUT2D eigenvalue weighted by atomic mass is 32.1. The Bertz CT molecular complexity index is 791. The number of carbonyl (C=O) groups excluding carboxylic acids is 2. The average molecular weight is 385 g/mol. The van der Waals surface area contributed by atoms with Crippen LogP contribution in [-0.2, 0) is 4.79 Å². The van der Waals surface area contributed by atoms with E-state index in [9.17, 15) is 9.59 Å². The number of hydrogen-bond donors (Lipinski definition) is 2. The Labute approximate surface area is 163 Å². The molecule has 0 unspecified atom stereocenters. The summed E-state index contributed by atoms with van der Waals surface area (Å²) in [7, 11) is 1.58. The van der Waals surface area contributed by atoms with E-state index < -0.39 is 0 Å². The van der Waals surface area contributed by atoms with Gasteiger partial charge in [0.15, 0.2) is 0 Å². The Morgan fingerprint density at radius 2 is 1.85 bits per heavy atom. The van der Waals surface area contributed by atoms with Crippen LogP contribution in [0.1, 0.15) is 47.3 Å². The predicted octanol–water partition coefficient (Wildman–Crippen LogP) is 3.98. The summed E-state index contributed by atoms with van der Waals surface area (Å²) in [5.74, 6) is 0.118. The molecule has 0 bridgehead atoms. The van der Waals surface area contributed by atoms with Crippen LogP contribution in [0.5, 0.6) is 5.75 Å². The lowest BCUT2D eigenvalue weighted by Gasteiger charge is -2.23. The number of amides is 2. The second kappa shape index (κ2) is 9.37. The molecule has 6 heteroatoms. The van der Waals surface area contributed by atoms with Gasteiger partial charge in [0.25, 0.3) is 11.8 Å². The second-order valence-corrected chi connectivity index (χ2v) is 7.54. The van der Waals surface area contributed by atoms with Crippen molar-refractivity contribution in [1.82, 2.24) is 10.6 Å². The summed E-state index contributed by atoms with van der Waals surface area (Å²) >= 11 is 1.52. The van der Waals surface area contributed by atoms with Gasteiger partial charge in [-0.3, -0.25) is 9.59 Å². The van der Waals surface area contributed by atoms with E-state index in [2.05, 4.69) is 10.6 Å². The molecule has 27 heavy (non-hydrogen) atoms. The fourth-order valence-corrected chi connectivity index (χ4v) is 3.78.